The molecule has 1 aromatic heterocycles. The molecule has 0 atom stereocenters. The van der Waals surface area contributed by atoms with Gasteiger partial charge in [-0.2, -0.15) is 0 Å². The van der Waals surface area contributed by atoms with Gasteiger partial charge in [-0.3, -0.25) is 23.9 Å². The summed E-state index contributed by atoms with van der Waals surface area (Å²) >= 11 is 0. The van der Waals surface area contributed by atoms with Crippen LogP contribution in [0.25, 0.3) is 0 Å². The molecule has 3 aromatic rings. The number of amides is 1. The quantitative estimate of drug-likeness (QED) is 0.357. The van der Waals surface area contributed by atoms with Crippen LogP contribution in [0.2, 0.25) is 0 Å². The van der Waals surface area contributed by atoms with E-state index in [0.29, 0.717) is 17.8 Å². The van der Waals surface area contributed by atoms with Crippen molar-refractivity contribution in [3.05, 3.63) is 86.6 Å². The second-order valence-corrected chi connectivity index (χ2v) is 7.98. The Hall–Kier alpha value is -4.18. The van der Waals surface area contributed by atoms with Crippen molar-refractivity contribution in [1.29, 1.82) is 0 Å². The molecule has 0 saturated carbocycles. The van der Waals surface area contributed by atoms with Gasteiger partial charge in [0.15, 0.2) is 5.78 Å². The first kappa shape index (κ1) is 25.4. The second-order valence-electron chi connectivity index (χ2n) is 7.98. The van der Waals surface area contributed by atoms with Crippen molar-refractivity contribution >= 4 is 28.9 Å². The van der Waals surface area contributed by atoms with Gasteiger partial charge >= 0.3 is 5.69 Å². The number of ketones is 1. The van der Waals surface area contributed by atoms with Crippen LogP contribution < -0.4 is 27.2 Å². The van der Waals surface area contributed by atoms with Gasteiger partial charge in [-0.15, -0.1) is 0 Å². The lowest BCUT2D eigenvalue weighted by Crippen LogP contribution is -2.39. The van der Waals surface area contributed by atoms with E-state index in [9.17, 15) is 19.2 Å². The molecule has 0 saturated heterocycles. The first-order valence-corrected chi connectivity index (χ1v) is 11.1. The Morgan fingerprint density at radius 1 is 1.09 bits per heavy atom. The molecular formula is C25H29N5O5. The molecule has 0 aliphatic heterocycles. The van der Waals surface area contributed by atoms with Crippen molar-refractivity contribution in [2.45, 2.75) is 26.4 Å². The second kappa shape index (κ2) is 11.8. The molecule has 10 nitrogen and oxygen atoms in total. The van der Waals surface area contributed by atoms with E-state index in [2.05, 4.69) is 10.3 Å². The number of nitrogens with one attached hydrogen (secondary N) is 2. The molecule has 1 amide bonds. The van der Waals surface area contributed by atoms with E-state index in [1.54, 1.807) is 29.2 Å². The number of nitrogens with zero attached hydrogens (tertiary/aromatic N) is 2. The van der Waals surface area contributed by atoms with Crippen molar-refractivity contribution in [3.63, 3.8) is 0 Å². The van der Waals surface area contributed by atoms with E-state index in [1.165, 1.54) is 18.6 Å². The summed E-state index contributed by atoms with van der Waals surface area (Å²) in [6, 6.07) is 16.0. The molecule has 0 unspecified atom stereocenters. The van der Waals surface area contributed by atoms with E-state index in [-0.39, 0.29) is 49.3 Å². The lowest BCUT2D eigenvalue weighted by Gasteiger charge is -2.26. The van der Waals surface area contributed by atoms with Gasteiger partial charge in [0.1, 0.15) is 11.5 Å². The number of benzene rings is 2. The Kier molecular flexibility index (Phi) is 8.58. The summed E-state index contributed by atoms with van der Waals surface area (Å²) in [4.78, 5) is 53.2. The molecule has 0 spiro atoms. The molecule has 0 fully saturated rings. The third kappa shape index (κ3) is 6.67. The fraction of sp³-hybridized carbons (Fsp3) is 0.280. The Morgan fingerprint density at radius 2 is 1.77 bits per heavy atom. The zero-order valence-corrected chi connectivity index (χ0v) is 19.7. The van der Waals surface area contributed by atoms with E-state index in [4.69, 9.17) is 10.5 Å². The minimum Gasteiger partial charge on any atom is -0.383 e. The Bertz CT molecular complexity index is 1280. The number of nitrogens with two attached hydrogens (primary N) is 1. The summed E-state index contributed by atoms with van der Waals surface area (Å²) in [5.41, 5.74) is 7.14. The topological polar surface area (TPSA) is 140 Å². The smallest absolute Gasteiger partial charge is 0.330 e. The average Bonchev–Trinajstić information content (AvgIpc) is 2.83. The lowest BCUT2D eigenvalue weighted by molar-refractivity contribution is -0.116. The number of nitrogen functional groups attached to an aromatic ring is 1. The molecule has 10 heteroatoms. The van der Waals surface area contributed by atoms with E-state index in [1.807, 2.05) is 30.3 Å². The van der Waals surface area contributed by atoms with Gasteiger partial charge in [0, 0.05) is 37.9 Å². The monoisotopic (exact) mass is 479 g/mol. The summed E-state index contributed by atoms with van der Waals surface area (Å²) in [7, 11) is 1.50. The highest BCUT2D eigenvalue weighted by Crippen LogP contribution is 2.20. The maximum absolute atomic E-state index is 12.8. The Labute approximate surface area is 202 Å². The number of ether oxygens (including phenoxy) is 1. The minimum absolute atomic E-state index is 0.00645. The predicted octanol–water partition coefficient (Wildman–Crippen LogP) is 2.00. The van der Waals surface area contributed by atoms with Crippen LogP contribution in [0.15, 0.2) is 64.2 Å². The van der Waals surface area contributed by atoms with E-state index < -0.39 is 11.2 Å². The van der Waals surface area contributed by atoms with Crippen molar-refractivity contribution in [1.82, 2.24) is 9.55 Å². The van der Waals surface area contributed by atoms with Gasteiger partial charge in [0.05, 0.1) is 13.2 Å². The summed E-state index contributed by atoms with van der Waals surface area (Å²) in [5.74, 6) is -0.331. The average molecular weight is 480 g/mol. The van der Waals surface area contributed by atoms with Crippen LogP contribution in [0.5, 0.6) is 0 Å². The number of anilines is 3. The zero-order valence-electron chi connectivity index (χ0n) is 19.7. The maximum atomic E-state index is 12.8. The highest BCUT2D eigenvalue weighted by atomic mass is 16.5. The van der Waals surface area contributed by atoms with Crippen LogP contribution >= 0.6 is 0 Å². The number of aromatic amines is 1. The van der Waals surface area contributed by atoms with Crippen LogP contribution in [0, 0.1) is 0 Å². The van der Waals surface area contributed by atoms with Gasteiger partial charge < -0.3 is 20.7 Å². The minimum atomic E-state index is -0.627. The molecule has 1 heterocycles. The van der Waals surface area contributed by atoms with E-state index in [0.717, 1.165) is 5.56 Å². The first-order valence-electron chi connectivity index (χ1n) is 11.1. The van der Waals surface area contributed by atoms with Gasteiger partial charge in [-0.25, -0.2) is 4.79 Å². The fourth-order valence-electron chi connectivity index (χ4n) is 3.61. The summed E-state index contributed by atoms with van der Waals surface area (Å²) in [6.07, 6.45) is 0.0529. The summed E-state index contributed by atoms with van der Waals surface area (Å²) in [6.45, 7) is 2.35. The van der Waals surface area contributed by atoms with Crippen molar-refractivity contribution in [2.75, 3.05) is 36.2 Å². The van der Waals surface area contributed by atoms with Crippen LogP contribution in [0.1, 0.15) is 29.3 Å². The number of carbonyl (C=O) groups is 2. The SMILES string of the molecule is COCCn1c(N)c(N(CCC(=O)Nc2ccc(C(C)=O)cc2)Cc2ccccc2)c(=O)[nH]c1=O. The molecule has 0 aliphatic rings. The maximum Gasteiger partial charge on any atom is 0.330 e. The highest BCUT2D eigenvalue weighted by Gasteiger charge is 2.20. The van der Waals surface area contributed by atoms with E-state index >= 15 is 0 Å². The van der Waals surface area contributed by atoms with Gasteiger partial charge in [-0.1, -0.05) is 30.3 Å². The number of Topliss-reactive ketones (excluding diaryl/α,β-unsaturated/α-hetero) is 1. The molecule has 2 aromatic carbocycles. The number of aromatic nitrogens is 2. The standard InChI is InChI=1S/C25H29N5O5/c1-17(31)19-8-10-20(11-9-19)27-21(32)12-13-29(16-18-6-4-3-5-7-18)22-23(26)30(14-15-35-2)25(34)28-24(22)33/h3-11H,12-16,26H2,1-2H3,(H,27,32)(H,28,33,34). The molecule has 0 bridgehead atoms. The van der Waals surface area contributed by atoms with Crippen LogP contribution in [-0.4, -0.2) is 41.5 Å². The number of methoxy groups -OCH3 is 1. The molecule has 35 heavy (non-hydrogen) atoms. The molecule has 0 aliphatic carbocycles. The van der Waals surface area contributed by atoms with Crippen LogP contribution in [0.4, 0.5) is 17.2 Å². The Morgan fingerprint density at radius 3 is 2.40 bits per heavy atom. The van der Waals surface area contributed by atoms with Crippen molar-refractivity contribution in [2.24, 2.45) is 0 Å². The summed E-state index contributed by atoms with van der Waals surface area (Å²) in [5, 5.41) is 2.79. The number of hydrogen-bond donors (Lipinski definition) is 3. The number of hydrogen-bond acceptors (Lipinski definition) is 7. The Balaban J connectivity index is 1.84. The fourth-order valence-corrected chi connectivity index (χ4v) is 3.61. The lowest BCUT2D eigenvalue weighted by atomic mass is 10.1. The largest absolute Gasteiger partial charge is 0.383 e. The summed E-state index contributed by atoms with van der Waals surface area (Å²) < 4.78 is 6.29. The van der Waals surface area contributed by atoms with Crippen molar-refractivity contribution < 1.29 is 14.3 Å². The van der Waals surface area contributed by atoms with Gasteiger partial charge in [0.2, 0.25) is 5.91 Å². The number of carbonyl (C=O) groups excluding carboxylic acids is 2. The van der Waals surface area contributed by atoms with Gasteiger partial charge in [0.25, 0.3) is 5.56 Å². The van der Waals surface area contributed by atoms with Crippen LogP contribution in [0.3, 0.4) is 0 Å². The van der Waals surface area contributed by atoms with Crippen LogP contribution in [-0.2, 0) is 22.6 Å². The third-order valence-corrected chi connectivity index (χ3v) is 5.45. The third-order valence-electron chi connectivity index (χ3n) is 5.45. The normalized spacial score (nSPS) is 10.7. The van der Waals surface area contributed by atoms with Crippen molar-refractivity contribution in [3.8, 4) is 0 Å². The number of rotatable bonds is 11. The predicted molar refractivity (Wildman–Crippen MR) is 135 cm³/mol. The molecule has 0 radical (unpaired) electrons. The first-order chi connectivity index (χ1) is 16.8. The zero-order chi connectivity index (χ0) is 25.4. The number of H-pyrrole nitrogens is 1. The molecule has 4 N–H and O–H groups in total. The molecular weight excluding hydrogens is 450 g/mol. The molecule has 184 valence electrons. The molecule has 3 rings (SSSR count). The highest BCUT2D eigenvalue weighted by molar-refractivity contribution is 5.95. The van der Waals surface area contributed by atoms with Gasteiger partial charge in [-0.05, 0) is 36.8 Å².